The summed E-state index contributed by atoms with van der Waals surface area (Å²) in [5.41, 5.74) is 0. The second-order valence-corrected chi connectivity index (χ2v) is 3.32. The summed E-state index contributed by atoms with van der Waals surface area (Å²) in [6.45, 7) is 11.0. The quantitative estimate of drug-likeness (QED) is 0.646. The Morgan fingerprint density at radius 2 is 2.15 bits per heavy atom. The van der Waals surface area contributed by atoms with E-state index in [0.29, 0.717) is 0 Å². The van der Waals surface area contributed by atoms with Crippen molar-refractivity contribution in [3.05, 3.63) is 25.3 Å². The van der Waals surface area contributed by atoms with Crippen molar-refractivity contribution in [2.45, 2.75) is 12.6 Å². The Balaban J connectivity index is 2.40. The lowest BCUT2D eigenvalue weighted by molar-refractivity contribution is -0.0199. The molecule has 0 aliphatic carbocycles. The van der Waals surface area contributed by atoms with E-state index >= 15 is 0 Å². The van der Waals surface area contributed by atoms with Gasteiger partial charge in [-0.15, -0.1) is 6.58 Å². The van der Waals surface area contributed by atoms with Gasteiger partial charge in [0.15, 0.2) is 0 Å². The zero-order valence-corrected chi connectivity index (χ0v) is 8.02. The first-order valence-electron chi connectivity index (χ1n) is 4.66. The van der Waals surface area contributed by atoms with Crippen molar-refractivity contribution in [2.75, 3.05) is 26.3 Å². The average molecular weight is 182 g/mol. The maximum absolute atomic E-state index is 9.52. The number of hydrogen-bond donors (Lipinski definition) is 1. The molecule has 1 aliphatic heterocycles. The second kappa shape index (κ2) is 5.17. The summed E-state index contributed by atoms with van der Waals surface area (Å²) < 4.78 is 0. The van der Waals surface area contributed by atoms with Crippen molar-refractivity contribution in [3.63, 3.8) is 0 Å². The largest absolute Gasteiger partial charge is 0.375 e. The van der Waals surface area contributed by atoms with Crippen molar-refractivity contribution in [3.8, 4) is 0 Å². The summed E-state index contributed by atoms with van der Waals surface area (Å²) in [5, 5.41) is 9.52. The van der Waals surface area contributed by atoms with Gasteiger partial charge in [-0.2, -0.15) is 0 Å². The van der Waals surface area contributed by atoms with Crippen molar-refractivity contribution in [1.29, 1.82) is 0 Å². The van der Waals surface area contributed by atoms with Gasteiger partial charge in [0.05, 0.1) is 6.67 Å². The highest BCUT2D eigenvalue weighted by Crippen LogP contribution is 2.08. The van der Waals surface area contributed by atoms with Crippen LogP contribution in [0.2, 0.25) is 0 Å². The van der Waals surface area contributed by atoms with Gasteiger partial charge in [0, 0.05) is 19.6 Å². The minimum absolute atomic E-state index is 0.507. The molecule has 0 aromatic carbocycles. The van der Waals surface area contributed by atoms with E-state index in [-0.39, 0.29) is 0 Å². The maximum atomic E-state index is 9.52. The topological polar surface area (TPSA) is 26.7 Å². The molecule has 0 spiro atoms. The zero-order chi connectivity index (χ0) is 9.68. The molecule has 0 saturated carbocycles. The van der Waals surface area contributed by atoms with Gasteiger partial charge in [-0.1, -0.05) is 12.7 Å². The van der Waals surface area contributed by atoms with E-state index in [9.17, 15) is 5.11 Å². The highest BCUT2D eigenvalue weighted by atomic mass is 16.3. The summed E-state index contributed by atoms with van der Waals surface area (Å²) in [7, 11) is 0. The van der Waals surface area contributed by atoms with E-state index in [1.807, 2.05) is 11.0 Å². The highest BCUT2D eigenvalue weighted by Gasteiger charge is 2.19. The molecule has 3 nitrogen and oxygen atoms in total. The zero-order valence-electron chi connectivity index (χ0n) is 8.02. The Bertz CT molecular complexity index is 182. The molecule has 0 bridgehead atoms. The second-order valence-electron chi connectivity index (χ2n) is 3.32. The normalized spacial score (nSPS) is 22.5. The summed E-state index contributed by atoms with van der Waals surface area (Å²) in [6.07, 6.45) is 4.05. The van der Waals surface area contributed by atoms with Crippen molar-refractivity contribution in [2.24, 2.45) is 0 Å². The van der Waals surface area contributed by atoms with Crippen LogP contribution in [0.15, 0.2) is 25.3 Å². The molecule has 0 aromatic rings. The number of nitrogens with zero attached hydrogens (tertiary/aromatic N) is 2. The van der Waals surface area contributed by atoms with E-state index in [1.165, 1.54) is 0 Å². The summed E-state index contributed by atoms with van der Waals surface area (Å²) >= 11 is 0. The van der Waals surface area contributed by atoms with Gasteiger partial charge in [0.1, 0.15) is 6.23 Å². The Morgan fingerprint density at radius 3 is 2.77 bits per heavy atom. The molecule has 1 atom stereocenters. The van der Waals surface area contributed by atoms with Gasteiger partial charge in [-0.25, -0.2) is 0 Å². The van der Waals surface area contributed by atoms with Crippen molar-refractivity contribution in [1.82, 2.24) is 9.80 Å². The summed E-state index contributed by atoms with van der Waals surface area (Å²) in [6, 6.07) is 0. The van der Waals surface area contributed by atoms with Crippen LogP contribution in [-0.4, -0.2) is 47.4 Å². The molecule has 0 amide bonds. The lowest BCUT2D eigenvalue weighted by Crippen LogP contribution is -2.48. The van der Waals surface area contributed by atoms with Gasteiger partial charge in [0.25, 0.3) is 0 Å². The molecular formula is C10H18N2O. The van der Waals surface area contributed by atoms with Crippen LogP contribution >= 0.6 is 0 Å². The van der Waals surface area contributed by atoms with Gasteiger partial charge in [0.2, 0.25) is 0 Å². The molecule has 3 heteroatoms. The number of rotatable bonds is 4. The molecule has 1 fully saturated rings. The number of aliphatic hydroxyl groups excluding tert-OH is 1. The minimum Gasteiger partial charge on any atom is -0.375 e. The molecule has 74 valence electrons. The summed E-state index contributed by atoms with van der Waals surface area (Å²) in [4.78, 5) is 4.25. The highest BCUT2D eigenvalue weighted by molar-refractivity contribution is 4.83. The van der Waals surface area contributed by atoms with Crippen LogP contribution in [0.5, 0.6) is 0 Å². The van der Waals surface area contributed by atoms with Crippen LogP contribution in [0.25, 0.3) is 0 Å². The monoisotopic (exact) mass is 182 g/mol. The molecule has 0 radical (unpaired) electrons. The Labute approximate surface area is 80.0 Å². The van der Waals surface area contributed by atoms with Gasteiger partial charge >= 0.3 is 0 Å². The van der Waals surface area contributed by atoms with Crippen LogP contribution in [0.4, 0.5) is 0 Å². The predicted octanol–water partition coefficient (Wildman–Crippen LogP) is 0.642. The fourth-order valence-electron chi connectivity index (χ4n) is 1.59. The van der Waals surface area contributed by atoms with Crippen LogP contribution in [0.1, 0.15) is 6.42 Å². The molecule has 0 aromatic heterocycles. The standard InChI is InChI=1S/C10H18N2O/c1-3-6-11-7-5-8-12(9-11)10(13)4-2/h3-4,10,13H,1-2,5-9H2. The first kappa shape index (κ1) is 10.4. The molecule has 1 saturated heterocycles. The van der Waals surface area contributed by atoms with Crippen LogP contribution < -0.4 is 0 Å². The van der Waals surface area contributed by atoms with Gasteiger partial charge in [-0.3, -0.25) is 9.80 Å². The minimum atomic E-state index is -0.507. The molecule has 1 heterocycles. The van der Waals surface area contributed by atoms with Crippen molar-refractivity contribution >= 4 is 0 Å². The third kappa shape index (κ3) is 2.95. The van der Waals surface area contributed by atoms with E-state index < -0.39 is 6.23 Å². The molecule has 1 N–H and O–H groups in total. The van der Waals surface area contributed by atoms with E-state index in [4.69, 9.17) is 0 Å². The Morgan fingerprint density at radius 1 is 1.38 bits per heavy atom. The maximum Gasteiger partial charge on any atom is 0.127 e. The van der Waals surface area contributed by atoms with Crippen molar-refractivity contribution < 1.29 is 5.11 Å². The van der Waals surface area contributed by atoms with Crippen LogP contribution in [0.3, 0.4) is 0 Å². The van der Waals surface area contributed by atoms with Gasteiger partial charge in [-0.05, 0) is 12.5 Å². The average Bonchev–Trinajstić information content (AvgIpc) is 2.18. The lowest BCUT2D eigenvalue weighted by Gasteiger charge is -2.36. The lowest BCUT2D eigenvalue weighted by atomic mass is 10.3. The molecule has 1 rings (SSSR count). The summed E-state index contributed by atoms with van der Waals surface area (Å²) in [5.74, 6) is 0. The number of aliphatic hydroxyl groups is 1. The fraction of sp³-hybridized carbons (Fsp3) is 0.600. The molecular weight excluding hydrogens is 164 g/mol. The number of hydrogen-bond acceptors (Lipinski definition) is 3. The Hall–Kier alpha value is -0.640. The van der Waals surface area contributed by atoms with E-state index in [2.05, 4.69) is 18.1 Å². The SMILES string of the molecule is C=CCN1CCCN(C(O)C=C)C1. The molecule has 1 aliphatic rings. The van der Waals surface area contributed by atoms with Crippen LogP contribution in [0, 0.1) is 0 Å². The molecule has 13 heavy (non-hydrogen) atoms. The first-order valence-corrected chi connectivity index (χ1v) is 4.66. The van der Waals surface area contributed by atoms with Crippen LogP contribution in [-0.2, 0) is 0 Å². The third-order valence-corrected chi connectivity index (χ3v) is 2.27. The predicted molar refractivity (Wildman–Crippen MR) is 54.2 cm³/mol. The van der Waals surface area contributed by atoms with E-state index in [1.54, 1.807) is 6.08 Å². The smallest absolute Gasteiger partial charge is 0.127 e. The first-order chi connectivity index (χ1) is 6.27. The third-order valence-electron chi connectivity index (χ3n) is 2.27. The molecule has 1 unspecified atom stereocenters. The Kier molecular flexibility index (Phi) is 4.15. The van der Waals surface area contributed by atoms with Gasteiger partial charge < -0.3 is 5.11 Å². The van der Waals surface area contributed by atoms with E-state index in [0.717, 1.165) is 32.7 Å². The fourth-order valence-corrected chi connectivity index (χ4v) is 1.59.